The number of aliphatic carboxylic acids is 1. The summed E-state index contributed by atoms with van der Waals surface area (Å²) in [6, 6.07) is 0. The molecule has 1 aliphatic rings. The Morgan fingerprint density at radius 2 is 1.37 bits per heavy atom. The summed E-state index contributed by atoms with van der Waals surface area (Å²) >= 11 is 0. The average Bonchev–Trinajstić information content (AvgIpc) is 2.11. The summed E-state index contributed by atoms with van der Waals surface area (Å²) in [5, 5.41) is 37.5. The van der Waals surface area contributed by atoms with Crippen molar-refractivity contribution in [1.29, 1.82) is 0 Å². The van der Waals surface area contributed by atoms with Crippen molar-refractivity contribution in [1.82, 2.24) is 0 Å². The van der Waals surface area contributed by atoms with E-state index in [4.69, 9.17) is 9.84 Å². The molecular formula is C10H18Ac3O6. The van der Waals surface area contributed by atoms with Crippen LogP contribution in [0.5, 0.6) is 0 Å². The minimum Gasteiger partial charge on any atom is -0.479 e. The van der Waals surface area contributed by atoms with E-state index in [1.54, 1.807) is 20.8 Å². The Kier molecular flexibility index (Phi) is 16.2. The van der Waals surface area contributed by atoms with Gasteiger partial charge in [0.05, 0.1) is 6.10 Å². The molecule has 0 saturated carbocycles. The summed E-state index contributed by atoms with van der Waals surface area (Å²) in [7, 11) is 0. The molecule has 1 rings (SSSR count). The van der Waals surface area contributed by atoms with E-state index in [9.17, 15) is 20.1 Å². The zero-order chi connectivity index (χ0) is 12.7. The summed E-state index contributed by atoms with van der Waals surface area (Å²) in [6.45, 7) is 5.26. The van der Waals surface area contributed by atoms with Crippen molar-refractivity contribution in [2.24, 2.45) is 5.41 Å². The predicted molar refractivity (Wildman–Crippen MR) is 53.8 cm³/mol. The van der Waals surface area contributed by atoms with Crippen molar-refractivity contribution in [2.45, 2.75) is 51.3 Å². The van der Waals surface area contributed by atoms with Gasteiger partial charge in [0.15, 0.2) is 6.10 Å². The quantitative estimate of drug-likeness (QED) is 0.269. The molecule has 1 heterocycles. The van der Waals surface area contributed by atoms with Gasteiger partial charge in [-0.2, -0.15) is 0 Å². The van der Waals surface area contributed by atoms with E-state index in [-0.39, 0.29) is 132 Å². The molecule has 1 aliphatic heterocycles. The molecule has 4 N–H and O–H groups in total. The number of rotatable bonds is 1. The first-order valence-corrected chi connectivity index (χ1v) is 5.08. The maximum absolute atomic E-state index is 10.8. The number of carboxylic acid groups (broad SMARTS) is 1. The van der Waals surface area contributed by atoms with Gasteiger partial charge in [-0.3, -0.25) is 0 Å². The average molecular weight is 915 g/mol. The van der Waals surface area contributed by atoms with Crippen molar-refractivity contribution < 1.29 is 162 Å². The van der Waals surface area contributed by atoms with Crippen LogP contribution in [-0.4, -0.2) is 56.9 Å². The Morgan fingerprint density at radius 3 is 1.68 bits per heavy atom. The van der Waals surface area contributed by atoms with Gasteiger partial charge in [-0.1, -0.05) is 20.8 Å². The first-order chi connectivity index (χ1) is 7.16. The van der Waals surface area contributed by atoms with Crippen LogP contribution in [-0.2, 0) is 9.53 Å². The van der Waals surface area contributed by atoms with Gasteiger partial charge in [-0.15, -0.1) is 0 Å². The molecule has 0 bridgehead atoms. The fraction of sp³-hybridized carbons (Fsp3) is 0.900. The van der Waals surface area contributed by atoms with Gasteiger partial charge in [-0.25, -0.2) is 4.79 Å². The molecule has 0 aliphatic carbocycles. The molecule has 1 saturated heterocycles. The number of hydrogen-bond acceptors (Lipinski definition) is 5. The second-order valence-electron chi connectivity index (χ2n) is 5.15. The molecule has 0 aromatic rings. The Labute approximate surface area is 220 Å². The van der Waals surface area contributed by atoms with Crippen LogP contribution in [0, 0.1) is 138 Å². The summed E-state index contributed by atoms with van der Waals surface area (Å²) in [5.74, 6) is -1.35. The first kappa shape index (κ1) is 27.5. The maximum atomic E-state index is 10.8. The number of ether oxygens (including phenoxy) is 1. The van der Waals surface area contributed by atoms with E-state index in [1.165, 1.54) is 0 Å². The van der Waals surface area contributed by atoms with Gasteiger partial charge >= 0.3 is 5.97 Å². The van der Waals surface area contributed by atoms with Crippen molar-refractivity contribution in [3.63, 3.8) is 0 Å². The van der Waals surface area contributed by atoms with E-state index in [1.807, 2.05) is 0 Å². The molecule has 0 spiro atoms. The van der Waals surface area contributed by atoms with Crippen molar-refractivity contribution in [3.8, 4) is 0 Å². The molecule has 6 nitrogen and oxygen atoms in total. The number of hydrogen-bond donors (Lipinski definition) is 4. The minimum absolute atomic E-state index is 0. The third kappa shape index (κ3) is 7.37. The predicted octanol–water partition coefficient (Wildman–Crippen LogP) is -1.03. The molecule has 0 amide bonds. The van der Waals surface area contributed by atoms with Gasteiger partial charge in [0.25, 0.3) is 0 Å². The molecule has 3 unspecified atom stereocenters. The smallest absolute Gasteiger partial charge is 0.335 e. The van der Waals surface area contributed by atoms with Crippen LogP contribution in [0.2, 0.25) is 0 Å². The summed E-state index contributed by atoms with van der Waals surface area (Å²) in [6.07, 6.45) is -6.79. The fourth-order valence-electron chi connectivity index (χ4n) is 1.80. The normalized spacial score (nSPS) is 34.3. The van der Waals surface area contributed by atoms with E-state index < -0.39 is 41.9 Å². The maximum Gasteiger partial charge on any atom is 0.335 e. The van der Waals surface area contributed by atoms with E-state index in [0.717, 1.165) is 0 Å². The second-order valence-corrected chi connectivity index (χ2v) is 5.15. The van der Waals surface area contributed by atoms with Crippen molar-refractivity contribution in [3.05, 3.63) is 0 Å². The van der Waals surface area contributed by atoms with Crippen molar-refractivity contribution in [2.75, 3.05) is 0 Å². The summed E-state index contributed by atoms with van der Waals surface area (Å²) in [4.78, 5) is 10.8. The third-order valence-corrected chi connectivity index (χ3v) is 2.71. The number of carboxylic acids is 1. The molecule has 3 radical (unpaired) electrons. The fourth-order valence-corrected chi connectivity index (χ4v) is 1.80. The molecular weight excluding hydrogens is 897 g/mol. The topological polar surface area (TPSA) is 107 Å². The molecule has 0 aromatic heterocycles. The van der Waals surface area contributed by atoms with Crippen LogP contribution in [0.1, 0.15) is 20.8 Å². The first-order valence-electron chi connectivity index (χ1n) is 5.08. The Hall–Kier alpha value is 3.63. The minimum atomic E-state index is -1.62. The number of carbonyl (C=O) groups is 1. The van der Waals surface area contributed by atoms with Gasteiger partial charge in [0.1, 0.15) is 18.3 Å². The van der Waals surface area contributed by atoms with Crippen LogP contribution in [0.3, 0.4) is 0 Å². The SMILES string of the molecule is CC(C)(C)[C@@H]1O[C@H](C(=O)O)C(O)C(O)C1O.[Ac].[Ac].[Ac]. The van der Waals surface area contributed by atoms with Crippen molar-refractivity contribution >= 4 is 5.97 Å². The Morgan fingerprint density at radius 1 is 0.947 bits per heavy atom. The molecule has 19 heavy (non-hydrogen) atoms. The van der Waals surface area contributed by atoms with Crippen LogP contribution in [0.4, 0.5) is 0 Å². The van der Waals surface area contributed by atoms with Crippen LogP contribution in [0.15, 0.2) is 0 Å². The largest absolute Gasteiger partial charge is 0.479 e. The molecule has 9 heteroatoms. The van der Waals surface area contributed by atoms with Crippen LogP contribution < -0.4 is 0 Å². The molecule has 0 aromatic carbocycles. The van der Waals surface area contributed by atoms with E-state index >= 15 is 0 Å². The van der Waals surface area contributed by atoms with E-state index in [0.29, 0.717) is 0 Å². The van der Waals surface area contributed by atoms with E-state index in [2.05, 4.69) is 0 Å². The summed E-state index contributed by atoms with van der Waals surface area (Å²) in [5.41, 5.74) is -0.533. The molecule has 103 valence electrons. The zero-order valence-corrected chi connectivity index (χ0v) is 25.5. The monoisotopic (exact) mass is 915 g/mol. The molecule has 5 atom stereocenters. The van der Waals surface area contributed by atoms with Gasteiger partial charge in [-0.05, 0) is 5.41 Å². The molecule has 1 fully saturated rings. The number of aliphatic hydroxyl groups is 3. The number of aliphatic hydroxyl groups excluding tert-OH is 3. The third-order valence-electron chi connectivity index (χ3n) is 2.71. The van der Waals surface area contributed by atoms with Gasteiger partial charge in [0.2, 0.25) is 0 Å². The Balaban J connectivity index is -0.000000853. The van der Waals surface area contributed by atoms with Gasteiger partial charge < -0.3 is 25.2 Å². The Bertz CT molecular complexity index is 283. The standard InChI is InChI=1S/C10H18O6.3Ac/c1-10(2,3)8-6(13)4(11)5(12)7(16-8)9(14)15;;;/h4-8,11-13H,1-3H3,(H,14,15);;;/t4?,5?,6?,7-,8+;;;/m0.../s1. The van der Waals surface area contributed by atoms with Crippen LogP contribution in [0.25, 0.3) is 0 Å². The second kappa shape index (κ2) is 11.2. The summed E-state index contributed by atoms with van der Waals surface area (Å²) < 4.78 is 5.15. The zero-order valence-electron chi connectivity index (χ0n) is 11.2. The van der Waals surface area contributed by atoms with Crippen LogP contribution >= 0.6 is 0 Å². The van der Waals surface area contributed by atoms with Gasteiger partial charge in [0, 0.05) is 132 Å².